The van der Waals surface area contributed by atoms with Gasteiger partial charge in [0.2, 0.25) is 0 Å². The molecule has 0 heterocycles. The third kappa shape index (κ3) is 15.2. The van der Waals surface area contributed by atoms with E-state index in [0.29, 0.717) is 11.8 Å². The molecular weight excluding hydrogens is 262 g/mol. The van der Waals surface area contributed by atoms with Crippen molar-refractivity contribution >= 4 is 7.82 Å². The third-order valence-electron chi connectivity index (χ3n) is 2.35. The average molecular weight is 288 g/mol. The van der Waals surface area contributed by atoms with Crippen molar-refractivity contribution in [3.05, 3.63) is 0 Å². The number of phosphoric ester groups is 1. The van der Waals surface area contributed by atoms with Gasteiger partial charge in [0.25, 0.3) is 7.82 Å². The normalized spacial score (nSPS) is 11.9. The molecule has 0 fully saturated rings. The van der Waals surface area contributed by atoms with Crippen LogP contribution in [0.25, 0.3) is 0 Å². The van der Waals surface area contributed by atoms with Crippen LogP contribution in [-0.2, 0) is 13.6 Å². The number of hydrogen-bond donors (Lipinski definition) is 0. The van der Waals surface area contributed by atoms with Gasteiger partial charge in [0.1, 0.15) is 0 Å². The summed E-state index contributed by atoms with van der Waals surface area (Å²) in [7, 11) is -4.06. The zero-order chi connectivity index (χ0) is 13.3. The van der Waals surface area contributed by atoms with Crippen LogP contribution in [0.5, 0.6) is 0 Å². The first-order valence-electron chi connectivity index (χ1n) is 6.43. The zero-order valence-electron chi connectivity index (χ0n) is 12.5. The fourth-order valence-electron chi connectivity index (χ4n) is 1.37. The Morgan fingerprint density at radius 3 is 1.56 bits per heavy atom. The van der Waals surface area contributed by atoms with Crippen LogP contribution in [0, 0.1) is 11.8 Å². The first-order chi connectivity index (χ1) is 7.83. The zero-order valence-corrected chi connectivity index (χ0v) is 15.4. The second kappa shape index (κ2) is 11.9. The van der Waals surface area contributed by atoms with Gasteiger partial charge in [-0.05, 0) is 37.5 Å². The van der Waals surface area contributed by atoms with E-state index in [4.69, 9.17) is 9.05 Å². The van der Waals surface area contributed by atoms with Crippen LogP contribution in [-0.4, -0.2) is 13.2 Å². The Balaban J connectivity index is 0. The fraction of sp³-hybridized carbons (Fsp3) is 1.00. The molecule has 0 aliphatic rings. The second-order valence-corrected chi connectivity index (χ2v) is 6.60. The van der Waals surface area contributed by atoms with E-state index in [9.17, 15) is 9.46 Å². The molecule has 0 unspecified atom stereocenters. The summed E-state index contributed by atoms with van der Waals surface area (Å²) in [6.07, 6.45) is 3.43. The Bertz CT molecular complexity index is 214. The van der Waals surface area contributed by atoms with Crippen LogP contribution in [0.2, 0.25) is 0 Å². The summed E-state index contributed by atoms with van der Waals surface area (Å²) in [4.78, 5) is 11.3. The summed E-state index contributed by atoms with van der Waals surface area (Å²) in [6.45, 7) is 8.84. The molecule has 0 radical (unpaired) electrons. The van der Waals surface area contributed by atoms with Gasteiger partial charge in [-0.25, -0.2) is 0 Å². The molecule has 0 saturated carbocycles. The van der Waals surface area contributed by atoms with Crippen molar-refractivity contribution < 1.29 is 48.1 Å². The van der Waals surface area contributed by atoms with E-state index in [1.54, 1.807) is 0 Å². The Labute approximate surface area is 134 Å². The van der Waals surface area contributed by atoms with Crippen LogP contribution in [0.1, 0.15) is 53.4 Å². The predicted molar refractivity (Wildman–Crippen MR) is 67.7 cm³/mol. The SMILES string of the molecule is CC(C)CCCOP(=O)([O-])OCCCC(C)C.[Na+]. The molecule has 104 valence electrons. The van der Waals surface area contributed by atoms with E-state index in [1.165, 1.54) is 0 Å². The van der Waals surface area contributed by atoms with Gasteiger partial charge < -0.3 is 13.9 Å². The Kier molecular flexibility index (Phi) is 14.2. The van der Waals surface area contributed by atoms with Gasteiger partial charge in [-0.2, -0.15) is 0 Å². The van der Waals surface area contributed by atoms with Gasteiger partial charge in [-0.1, -0.05) is 27.7 Å². The molecular formula is C12H26NaO4P. The van der Waals surface area contributed by atoms with Gasteiger partial charge >= 0.3 is 29.6 Å². The molecule has 0 spiro atoms. The van der Waals surface area contributed by atoms with Crippen molar-refractivity contribution in [3.63, 3.8) is 0 Å². The van der Waals surface area contributed by atoms with E-state index >= 15 is 0 Å². The van der Waals surface area contributed by atoms with Gasteiger partial charge in [-0.3, -0.25) is 4.57 Å². The number of rotatable bonds is 10. The molecule has 4 nitrogen and oxygen atoms in total. The maximum atomic E-state index is 11.3. The molecule has 0 aromatic carbocycles. The fourth-order valence-corrected chi connectivity index (χ4v) is 2.15. The number of phosphoric acid groups is 1. The summed E-state index contributed by atoms with van der Waals surface area (Å²) >= 11 is 0. The predicted octanol–water partition coefficient (Wildman–Crippen LogP) is 0.364. The maximum absolute atomic E-state index is 11.3. The Morgan fingerprint density at radius 2 is 1.28 bits per heavy atom. The molecule has 0 N–H and O–H groups in total. The van der Waals surface area contributed by atoms with E-state index in [2.05, 4.69) is 27.7 Å². The summed E-state index contributed by atoms with van der Waals surface area (Å²) in [5.74, 6) is 1.13. The summed E-state index contributed by atoms with van der Waals surface area (Å²) in [6, 6.07) is 0. The van der Waals surface area contributed by atoms with Gasteiger partial charge in [0.05, 0.1) is 13.2 Å². The molecule has 6 heteroatoms. The monoisotopic (exact) mass is 288 g/mol. The van der Waals surface area contributed by atoms with Crippen LogP contribution < -0.4 is 34.5 Å². The van der Waals surface area contributed by atoms with Crippen molar-refractivity contribution in [2.75, 3.05) is 13.2 Å². The quantitative estimate of drug-likeness (QED) is 0.331. The molecule has 0 aliphatic carbocycles. The van der Waals surface area contributed by atoms with E-state index in [-0.39, 0.29) is 42.8 Å². The largest absolute Gasteiger partial charge is 1.00 e. The van der Waals surface area contributed by atoms with Gasteiger partial charge in [-0.15, -0.1) is 0 Å². The van der Waals surface area contributed by atoms with Gasteiger partial charge in [0.15, 0.2) is 0 Å². The summed E-state index contributed by atoms with van der Waals surface area (Å²) in [5.41, 5.74) is 0. The van der Waals surface area contributed by atoms with Gasteiger partial charge in [0, 0.05) is 0 Å². The minimum atomic E-state index is -4.06. The van der Waals surface area contributed by atoms with Crippen molar-refractivity contribution in [2.45, 2.75) is 53.4 Å². The van der Waals surface area contributed by atoms with E-state index < -0.39 is 7.82 Å². The first-order valence-corrected chi connectivity index (χ1v) is 7.89. The third-order valence-corrected chi connectivity index (χ3v) is 3.35. The molecule has 0 saturated heterocycles. The Morgan fingerprint density at radius 1 is 0.944 bits per heavy atom. The van der Waals surface area contributed by atoms with Crippen molar-refractivity contribution in [3.8, 4) is 0 Å². The van der Waals surface area contributed by atoms with Crippen LogP contribution >= 0.6 is 7.82 Å². The average Bonchev–Trinajstić information content (AvgIpc) is 2.19. The molecule has 0 aromatic rings. The van der Waals surface area contributed by atoms with Crippen LogP contribution in [0.4, 0.5) is 0 Å². The maximum Gasteiger partial charge on any atom is 1.00 e. The summed E-state index contributed by atoms with van der Waals surface area (Å²) in [5, 5.41) is 0. The minimum absolute atomic E-state index is 0. The van der Waals surface area contributed by atoms with Crippen molar-refractivity contribution in [1.82, 2.24) is 0 Å². The Hall–Kier alpha value is 1.11. The second-order valence-electron chi connectivity index (χ2n) is 5.19. The standard InChI is InChI=1S/C12H27O4P.Na/c1-11(2)7-5-9-15-17(13,14)16-10-6-8-12(3)4;/h11-12H,5-10H2,1-4H3,(H,13,14);/q;+1/p-1. The molecule has 0 amide bonds. The molecule has 0 aromatic heterocycles. The molecule has 0 bridgehead atoms. The topological polar surface area (TPSA) is 58.6 Å². The first kappa shape index (κ1) is 21.4. The number of hydrogen-bond acceptors (Lipinski definition) is 4. The molecule has 18 heavy (non-hydrogen) atoms. The van der Waals surface area contributed by atoms with Crippen molar-refractivity contribution in [1.29, 1.82) is 0 Å². The minimum Gasteiger partial charge on any atom is -0.756 e. The van der Waals surface area contributed by atoms with Crippen LogP contribution in [0.15, 0.2) is 0 Å². The van der Waals surface area contributed by atoms with Crippen molar-refractivity contribution in [2.24, 2.45) is 11.8 Å². The summed E-state index contributed by atoms with van der Waals surface area (Å²) < 4.78 is 20.8. The molecule has 0 rings (SSSR count). The molecule has 0 atom stereocenters. The van der Waals surface area contributed by atoms with Crippen LogP contribution in [0.3, 0.4) is 0 Å². The molecule has 0 aliphatic heterocycles. The smallest absolute Gasteiger partial charge is 0.756 e. The van der Waals surface area contributed by atoms with E-state index in [1.807, 2.05) is 0 Å². The van der Waals surface area contributed by atoms with E-state index in [0.717, 1.165) is 25.7 Å².